The van der Waals surface area contributed by atoms with Crippen molar-refractivity contribution in [3.05, 3.63) is 36.0 Å². The van der Waals surface area contributed by atoms with Gasteiger partial charge in [-0.1, -0.05) is 19.6 Å². The summed E-state index contributed by atoms with van der Waals surface area (Å²) in [6.45, 7) is 7.03. The quantitative estimate of drug-likeness (QED) is 0.722. The number of ether oxygens (including phenoxy) is 1. The summed E-state index contributed by atoms with van der Waals surface area (Å²) in [6, 6.07) is 4.05. The largest absolute Gasteiger partial charge is 0.473 e. The first-order chi connectivity index (χ1) is 7.30. The minimum Gasteiger partial charge on any atom is -0.473 e. The van der Waals surface area contributed by atoms with Gasteiger partial charge in [0, 0.05) is 18.3 Å². The summed E-state index contributed by atoms with van der Waals surface area (Å²) in [6.07, 6.45) is 2.64. The molecule has 0 aliphatic carbocycles. The van der Waals surface area contributed by atoms with Gasteiger partial charge in [0.2, 0.25) is 5.88 Å². The van der Waals surface area contributed by atoms with Gasteiger partial charge in [0.15, 0.2) is 0 Å². The number of rotatable bonds is 6. The highest BCUT2D eigenvalue weighted by atomic mass is 16.5. The van der Waals surface area contributed by atoms with Crippen molar-refractivity contribution in [2.45, 2.75) is 19.9 Å². The van der Waals surface area contributed by atoms with Crippen molar-refractivity contribution < 1.29 is 4.74 Å². The lowest BCUT2D eigenvalue weighted by molar-refractivity contribution is 0.347. The molecule has 1 rings (SSSR count). The van der Waals surface area contributed by atoms with Gasteiger partial charge in [0.05, 0.1) is 0 Å². The SMILES string of the molecule is C=CCOc1cc(CNC)cc(CC)n1. The molecular formula is C12H18N2O. The highest BCUT2D eigenvalue weighted by Gasteiger charge is 2.01. The van der Waals surface area contributed by atoms with E-state index < -0.39 is 0 Å². The van der Waals surface area contributed by atoms with Crippen LogP contribution in [0.4, 0.5) is 0 Å². The van der Waals surface area contributed by atoms with Crippen LogP contribution < -0.4 is 10.1 Å². The van der Waals surface area contributed by atoms with Crippen LogP contribution in [0, 0.1) is 0 Å². The molecule has 0 radical (unpaired) electrons. The van der Waals surface area contributed by atoms with E-state index in [1.165, 1.54) is 5.56 Å². The minimum absolute atomic E-state index is 0.499. The normalized spacial score (nSPS) is 10.0. The molecule has 0 saturated heterocycles. The summed E-state index contributed by atoms with van der Waals surface area (Å²) in [5.74, 6) is 0.680. The molecule has 0 aliphatic rings. The molecular weight excluding hydrogens is 188 g/mol. The Labute approximate surface area is 91.2 Å². The lowest BCUT2D eigenvalue weighted by atomic mass is 10.2. The molecule has 0 aliphatic heterocycles. The Kier molecular flexibility index (Phi) is 4.84. The second-order valence-electron chi connectivity index (χ2n) is 3.29. The predicted octanol–water partition coefficient (Wildman–Crippen LogP) is 1.93. The number of hydrogen-bond acceptors (Lipinski definition) is 3. The zero-order valence-corrected chi connectivity index (χ0v) is 9.42. The van der Waals surface area contributed by atoms with E-state index in [0.29, 0.717) is 12.5 Å². The first-order valence-corrected chi connectivity index (χ1v) is 5.18. The van der Waals surface area contributed by atoms with E-state index in [4.69, 9.17) is 4.74 Å². The van der Waals surface area contributed by atoms with Crippen LogP contribution in [0.25, 0.3) is 0 Å². The van der Waals surface area contributed by atoms with Crippen LogP contribution in [-0.4, -0.2) is 18.6 Å². The lowest BCUT2D eigenvalue weighted by Gasteiger charge is -2.07. The Morgan fingerprint density at radius 2 is 2.33 bits per heavy atom. The Morgan fingerprint density at radius 3 is 2.93 bits per heavy atom. The maximum atomic E-state index is 5.43. The first-order valence-electron chi connectivity index (χ1n) is 5.18. The molecule has 0 fully saturated rings. The predicted molar refractivity (Wildman–Crippen MR) is 62.1 cm³/mol. The van der Waals surface area contributed by atoms with Gasteiger partial charge in [-0.05, 0) is 25.1 Å². The van der Waals surface area contributed by atoms with E-state index in [2.05, 4.69) is 29.9 Å². The van der Waals surface area contributed by atoms with Gasteiger partial charge < -0.3 is 10.1 Å². The lowest BCUT2D eigenvalue weighted by Crippen LogP contribution is -2.07. The Hall–Kier alpha value is -1.35. The smallest absolute Gasteiger partial charge is 0.214 e. The Balaban J connectivity index is 2.84. The molecule has 1 heterocycles. The average Bonchev–Trinajstić information content (AvgIpc) is 2.26. The van der Waals surface area contributed by atoms with Gasteiger partial charge in [-0.3, -0.25) is 0 Å². The van der Waals surface area contributed by atoms with Crippen LogP contribution in [0.3, 0.4) is 0 Å². The van der Waals surface area contributed by atoms with Crippen LogP contribution in [0.1, 0.15) is 18.2 Å². The van der Waals surface area contributed by atoms with Gasteiger partial charge in [0.25, 0.3) is 0 Å². The third kappa shape index (κ3) is 3.72. The summed E-state index contributed by atoms with van der Waals surface area (Å²) < 4.78 is 5.43. The van der Waals surface area contributed by atoms with Crippen molar-refractivity contribution in [2.24, 2.45) is 0 Å². The second-order valence-corrected chi connectivity index (χ2v) is 3.29. The monoisotopic (exact) mass is 206 g/mol. The van der Waals surface area contributed by atoms with Crippen LogP contribution in [0.5, 0.6) is 5.88 Å². The maximum Gasteiger partial charge on any atom is 0.214 e. The molecule has 3 heteroatoms. The van der Waals surface area contributed by atoms with Crippen molar-refractivity contribution in [1.29, 1.82) is 0 Å². The molecule has 0 aromatic carbocycles. The second kappa shape index (κ2) is 6.19. The van der Waals surface area contributed by atoms with Crippen LogP contribution in [0.15, 0.2) is 24.8 Å². The number of aryl methyl sites for hydroxylation is 1. The van der Waals surface area contributed by atoms with Crippen molar-refractivity contribution in [3.8, 4) is 5.88 Å². The topological polar surface area (TPSA) is 34.1 Å². The fourth-order valence-corrected chi connectivity index (χ4v) is 1.33. The summed E-state index contributed by atoms with van der Waals surface area (Å²) >= 11 is 0. The van der Waals surface area contributed by atoms with Crippen molar-refractivity contribution in [3.63, 3.8) is 0 Å². The van der Waals surface area contributed by atoms with Crippen LogP contribution >= 0.6 is 0 Å². The van der Waals surface area contributed by atoms with Gasteiger partial charge in [0.1, 0.15) is 6.61 Å². The number of pyridine rings is 1. The molecule has 0 amide bonds. The number of aromatic nitrogens is 1. The van der Waals surface area contributed by atoms with Crippen molar-refractivity contribution in [2.75, 3.05) is 13.7 Å². The zero-order chi connectivity index (χ0) is 11.1. The molecule has 82 valence electrons. The summed E-state index contributed by atoms with van der Waals surface area (Å²) in [5.41, 5.74) is 2.25. The molecule has 0 unspecified atom stereocenters. The van der Waals surface area contributed by atoms with E-state index in [1.54, 1.807) is 6.08 Å². The molecule has 0 spiro atoms. The highest BCUT2D eigenvalue weighted by Crippen LogP contribution is 2.13. The first kappa shape index (κ1) is 11.7. The van der Waals surface area contributed by atoms with E-state index in [9.17, 15) is 0 Å². The Morgan fingerprint density at radius 1 is 1.53 bits per heavy atom. The van der Waals surface area contributed by atoms with Crippen molar-refractivity contribution in [1.82, 2.24) is 10.3 Å². The van der Waals surface area contributed by atoms with Gasteiger partial charge in [-0.2, -0.15) is 0 Å². The summed E-state index contributed by atoms with van der Waals surface area (Å²) in [4.78, 5) is 4.37. The van der Waals surface area contributed by atoms with E-state index in [1.807, 2.05) is 13.1 Å². The number of hydrogen-bond donors (Lipinski definition) is 1. The van der Waals surface area contributed by atoms with E-state index in [-0.39, 0.29) is 0 Å². The fourth-order valence-electron chi connectivity index (χ4n) is 1.33. The summed E-state index contributed by atoms with van der Waals surface area (Å²) in [7, 11) is 1.93. The van der Waals surface area contributed by atoms with Gasteiger partial charge >= 0.3 is 0 Å². The highest BCUT2D eigenvalue weighted by molar-refractivity contribution is 5.25. The molecule has 0 bridgehead atoms. The van der Waals surface area contributed by atoms with Crippen molar-refractivity contribution >= 4 is 0 Å². The van der Waals surface area contributed by atoms with Gasteiger partial charge in [-0.15, -0.1) is 0 Å². The summed E-state index contributed by atoms with van der Waals surface area (Å²) in [5, 5.41) is 3.12. The third-order valence-corrected chi connectivity index (χ3v) is 2.01. The molecule has 0 atom stereocenters. The standard InChI is InChI=1S/C12H18N2O/c1-4-6-15-12-8-10(9-13-3)7-11(5-2)14-12/h4,7-8,13H,1,5-6,9H2,2-3H3. The maximum absolute atomic E-state index is 5.43. The molecule has 1 aromatic heterocycles. The molecule has 1 aromatic rings. The van der Waals surface area contributed by atoms with Crippen LogP contribution in [0.2, 0.25) is 0 Å². The van der Waals surface area contributed by atoms with E-state index >= 15 is 0 Å². The Bertz CT molecular complexity index is 323. The number of nitrogens with one attached hydrogen (secondary N) is 1. The fraction of sp³-hybridized carbons (Fsp3) is 0.417. The van der Waals surface area contributed by atoms with E-state index in [0.717, 1.165) is 18.7 Å². The third-order valence-electron chi connectivity index (χ3n) is 2.01. The number of nitrogens with zero attached hydrogens (tertiary/aromatic N) is 1. The molecule has 1 N–H and O–H groups in total. The zero-order valence-electron chi connectivity index (χ0n) is 9.42. The molecule has 3 nitrogen and oxygen atoms in total. The van der Waals surface area contributed by atoms with Crippen LogP contribution in [-0.2, 0) is 13.0 Å². The molecule has 0 saturated carbocycles. The average molecular weight is 206 g/mol. The minimum atomic E-state index is 0.499. The molecule has 15 heavy (non-hydrogen) atoms. The van der Waals surface area contributed by atoms with Gasteiger partial charge in [-0.25, -0.2) is 4.98 Å².